The molecule has 1 atom stereocenters. The van der Waals surface area contributed by atoms with Crippen LogP contribution in [0.5, 0.6) is 0 Å². The van der Waals surface area contributed by atoms with Crippen LogP contribution in [0.2, 0.25) is 0 Å². The molecule has 0 bridgehead atoms. The van der Waals surface area contributed by atoms with Crippen molar-refractivity contribution in [1.82, 2.24) is 9.88 Å². The molecule has 0 aliphatic heterocycles. The summed E-state index contributed by atoms with van der Waals surface area (Å²) in [4.78, 5) is 11.3. The Morgan fingerprint density at radius 2 is 2.26 bits per heavy atom. The van der Waals surface area contributed by atoms with Gasteiger partial charge >= 0.3 is 5.97 Å². The summed E-state index contributed by atoms with van der Waals surface area (Å²) in [5.41, 5.74) is -1.19. The molecule has 0 radical (unpaired) electrons. The number of sulfonamides is 1. The molecule has 2 N–H and O–H groups in total. The number of aliphatic carboxylic acids is 1. The van der Waals surface area contributed by atoms with Gasteiger partial charge in [0, 0.05) is 6.07 Å². The maximum Gasteiger partial charge on any atom is 0.324 e. The van der Waals surface area contributed by atoms with E-state index in [1.165, 1.54) is 13.0 Å². The van der Waals surface area contributed by atoms with E-state index in [-0.39, 0.29) is 17.4 Å². The first-order valence-electron chi connectivity index (χ1n) is 5.90. The van der Waals surface area contributed by atoms with Crippen LogP contribution in [0.15, 0.2) is 10.6 Å². The van der Waals surface area contributed by atoms with Gasteiger partial charge in [0.2, 0.25) is 10.0 Å². The number of carboxylic acid groups (broad SMARTS) is 1. The van der Waals surface area contributed by atoms with Crippen molar-refractivity contribution in [3.63, 3.8) is 0 Å². The predicted octanol–water partition coefficient (Wildman–Crippen LogP) is 0.656. The minimum absolute atomic E-state index is 0.154. The van der Waals surface area contributed by atoms with Crippen LogP contribution in [-0.4, -0.2) is 30.2 Å². The second-order valence-electron chi connectivity index (χ2n) is 5.07. The molecule has 106 valence electrons. The SMILES string of the molecule is Cc1cc(CS(=O)(=O)NC(C)(C(=O)O)C2CC2)no1. The van der Waals surface area contributed by atoms with E-state index in [9.17, 15) is 18.3 Å². The highest BCUT2D eigenvalue weighted by Crippen LogP contribution is 2.40. The van der Waals surface area contributed by atoms with Crippen molar-refractivity contribution >= 4 is 16.0 Å². The number of hydrogen-bond donors (Lipinski definition) is 2. The highest BCUT2D eigenvalue weighted by Gasteiger charge is 2.49. The zero-order valence-electron chi connectivity index (χ0n) is 10.7. The second-order valence-corrected chi connectivity index (χ2v) is 6.79. The average molecular weight is 288 g/mol. The van der Waals surface area contributed by atoms with Gasteiger partial charge in [-0.15, -0.1) is 0 Å². The average Bonchev–Trinajstić information content (AvgIpc) is 3.03. The van der Waals surface area contributed by atoms with E-state index >= 15 is 0 Å². The smallest absolute Gasteiger partial charge is 0.324 e. The summed E-state index contributed by atoms with van der Waals surface area (Å²) in [5.74, 6) is -1.19. The molecule has 0 amide bonds. The molecule has 2 rings (SSSR count). The molecule has 1 unspecified atom stereocenters. The van der Waals surface area contributed by atoms with E-state index in [4.69, 9.17) is 4.52 Å². The van der Waals surface area contributed by atoms with Crippen LogP contribution in [0.1, 0.15) is 31.2 Å². The molecular weight excluding hydrogens is 272 g/mol. The van der Waals surface area contributed by atoms with Gasteiger partial charge in [0.15, 0.2) is 0 Å². The van der Waals surface area contributed by atoms with Crippen molar-refractivity contribution < 1.29 is 22.8 Å². The highest BCUT2D eigenvalue weighted by molar-refractivity contribution is 7.88. The largest absolute Gasteiger partial charge is 0.480 e. The number of hydrogen-bond acceptors (Lipinski definition) is 5. The van der Waals surface area contributed by atoms with E-state index in [1.54, 1.807) is 6.92 Å². The van der Waals surface area contributed by atoms with E-state index in [1.807, 2.05) is 0 Å². The maximum absolute atomic E-state index is 12.0. The summed E-state index contributed by atoms with van der Waals surface area (Å²) in [5, 5.41) is 12.8. The summed E-state index contributed by atoms with van der Waals surface area (Å²) < 4.78 is 31.1. The molecule has 7 nitrogen and oxygen atoms in total. The fraction of sp³-hybridized carbons (Fsp3) is 0.636. The van der Waals surface area contributed by atoms with E-state index in [0.29, 0.717) is 18.6 Å². The van der Waals surface area contributed by atoms with Crippen LogP contribution < -0.4 is 4.72 Å². The minimum atomic E-state index is -3.78. The number of carbonyl (C=O) groups is 1. The third-order valence-electron chi connectivity index (χ3n) is 3.22. The zero-order chi connectivity index (χ0) is 14.3. The van der Waals surface area contributed by atoms with Crippen molar-refractivity contribution in [2.45, 2.75) is 38.0 Å². The fourth-order valence-corrected chi connectivity index (χ4v) is 3.50. The van der Waals surface area contributed by atoms with Gasteiger partial charge in [0.1, 0.15) is 22.7 Å². The Morgan fingerprint density at radius 3 is 2.68 bits per heavy atom. The normalized spacial score (nSPS) is 19.1. The molecule has 19 heavy (non-hydrogen) atoms. The molecular formula is C11H16N2O5S. The van der Waals surface area contributed by atoms with Gasteiger partial charge in [0.05, 0.1) is 0 Å². The Kier molecular flexibility index (Phi) is 3.40. The number of aryl methyl sites for hydroxylation is 1. The fourth-order valence-electron chi connectivity index (χ4n) is 2.00. The van der Waals surface area contributed by atoms with Crippen molar-refractivity contribution in [2.75, 3.05) is 0 Å². The summed E-state index contributed by atoms with van der Waals surface area (Å²) in [6.45, 7) is 3.06. The van der Waals surface area contributed by atoms with Gasteiger partial charge in [-0.3, -0.25) is 4.79 Å². The first-order valence-corrected chi connectivity index (χ1v) is 7.55. The monoisotopic (exact) mass is 288 g/mol. The lowest BCUT2D eigenvalue weighted by Crippen LogP contribution is -2.54. The van der Waals surface area contributed by atoms with Crippen LogP contribution in [0.25, 0.3) is 0 Å². The van der Waals surface area contributed by atoms with E-state index in [2.05, 4.69) is 9.88 Å². The van der Waals surface area contributed by atoms with Crippen LogP contribution in [0, 0.1) is 12.8 Å². The summed E-state index contributed by atoms with van der Waals surface area (Å²) in [7, 11) is -3.78. The van der Waals surface area contributed by atoms with Crippen molar-refractivity contribution in [3.05, 3.63) is 17.5 Å². The summed E-state index contributed by atoms with van der Waals surface area (Å²) in [6.07, 6.45) is 1.43. The van der Waals surface area contributed by atoms with Crippen molar-refractivity contribution in [3.8, 4) is 0 Å². The van der Waals surface area contributed by atoms with Gasteiger partial charge in [-0.1, -0.05) is 5.16 Å². The van der Waals surface area contributed by atoms with Crippen LogP contribution >= 0.6 is 0 Å². The first kappa shape index (κ1) is 14.0. The summed E-state index contributed by atoms with van der Waals surface area (Å²) in [6, 6.07) is 1.51. The zero-order valence-corrected chi connectivity index (χ0v) is 11.5. The molecule has 1 heterocycles. The molecule has 0 saturated heterocycles. The van der Waals surface area contributed by atoms with Crippen molar-refractivity contribution in [1.29, 1.82) is 0 Å². The quantitative estimate of drug-likeness (QED) is 0.795. The Hall–Kier alpha value is -1.41. The number of aromatic nitrogens is 1. The number of carboxylic acids is 1. The lowest BCUT2D eigenvalue weighted by molar-refractivity contribution is -0.144. The van der Waals surface area contributed by atoms with Crippen LogP contribution in [0.4, 0.5) is 0 Å². The highest BCUT2D eigenvalue weighted by atomic mass is 32.2. The van der Waals surface area contributed by atoms with Gasteiger partial charge in [-0.2, -0.15) is 4.72 Å². The Bertz CT molecular complexity index is 590. The predicted molar refractivity (Wildman–Crippen MR) is 65.8 cm³/mol. The van der Waals surface area contributed by atoms with Gasteiger partial charge in [-0.05, 0) is 32.6 Å². The maximum atomic E-state index is 12.0. The topological polar surface area (TPSA) is 110 Å². The van der Waals surface area contributed by atoms with Crippen molar-refractivity contribution in [2.24, 2.45) is 5.92 Å². The molecule has 8 heteroatoms. The van der Waals surface area contributed by atoms with Crippen LogP contribution in [0.3, 0.4) is 0 Å². The van der Waals surface area contributed by atoms with E-state index in [0.717, 1.165) is 0 Å². The molecule has 0 aromatic carbocycles. The number of nitrogens with zero attached hydrogens (tertiary/aromatic N) is 1. The Morgan fingerprint density at radius 1 is 1.63 bits per heavy atom. The van der Waals surface area contributed by atoms with E-state index < -0.39 is 21.5 Å². The van der Waals surface area contributed by atoms with Gasteiger partial charge in [0.25, 0.3) is 0 Å². The lowest BCUT2D eigenvalue weighted by atomic mass is 9.98. The minimum Gasteiger partial charge on any atom is -0.480 e. The lowest BCUT2D eigenvalue weighted by Gasteiger charge is -2.25. The van der Waals surface area contributed by atoms with Gasteiger partial charge < -0.3 is 9.63 Å². The third-order valence-corrected chi connectivity index (χ3v) is 4.63. The van der Waals surface area contributed by atoms with Crippen LogP contribution in [-0.2, 0) is 20.6 Å². The standard InChI is InChI=1S/C11H16N2O5S/c1-7-5-9(12-18-7)6-19(16,17)13-11(2,10(14)15)8-3-4-8/h5,8,13H,3-4,6H2,1-2H3,(H,14,15). The summed E-state index contributed by atoms with van der Waals surface area (Å²) >= 11 is 0. The molecule has 0 spiro atoms. The first-order chi connectivity index (χ1) is 8.73. The molecule has 1 aromatic rings. The van der Waals surface area contributed by atoms with Gasteiger partial charge in [-0.25, -0.2) is 8.42 Å². The molecule has 1 saturated carbocycles. The molecule has 1 fully saturated rings. The molecule has 1 aliphatic carbocycles. The second kappa shape index (κ2) is 4.61. The third kappa shape index (κ3) is 3.13. The molecule has 1 aromatic heterocycles. The number of nitrogens with one attached hydrogen (secondary N) is 1. The number of rotatable bonds is 6. The Labute approximate surface area is 111 Å². The molecule has 1 aliphatic rings. The Balaban J connectivity index is 2.14.